The van der Waals surface area contributed by atoms with Gasteiger partial charge in [-0.05, 0) is 49.4 Å². The second-order valence-electron chi connectivity index (χ2n) is 4.02. The van der Waals surface area contributed by atoms with Crippen molar-refractivity contribution in [1.29, 1.82) is 5.26 Å². The van der Waals surface area contributed by atoms with Gasteiger partial charge in [-0.3, -0.25) is 4.99 Å². The smallest absolute Gasteiger partial charge is 0.124 e. The number of nitriles is 1. The number of phenolic OH excluding ortho intramolecular Hbond substituents is 1. The molecule has 94 valence electrons. The molecule has 0 spiro atoms. The van der Waals surface area contributed by atoms with Gasteiger partial charge in [0.25, 0.3) is 0 Å². The monoisotopic (exact) mass is 314 g/mol. The third-order valence-electron chi connectivity index (χ3n) is 2.64. The molecule has 0 saturated carbocycles. The number of benzene rings is 2. The van der Waals surface area contributed by atoms with Gasteiger partial charge in [0.05, 0.1) is 17.3 Å². The fourth-order valence-electron chi connectivity index (χ4n) is 1.66. The number of nitrogens with zero attached hydrogens (tertiary/aromatic N) is 2. The minimum Gasteiger partial charge on any atom is -0.507 e. The zero-order valence-corrected chi connectivity index (χ0v) is 11.8. The zero-order valence-electron chi connectivity index (χ0n) is 10.3. The molecule has 0 unspecified atom stereocenters. The average molecular weight is 315 g/mol. The molecule has 1 N–H and O–H groups in total. The van der Waals surface area contributed by atoms with Gasteiger partial charge in [-0.25, -0.2) is 0 Å². The lowest BCUT2D eigenvalue weighted by atomic mass is 10.1. The lowest BCUT2D eigenvalue weighted by Gasteiger charge is -2.05. The van der Waals surface area contributed by atoms with Crippen LogP contribution in [0.25, 0.3) is 0 Å². The third-order valence-corrected chi connectivity index (χ3v) is 3.13. The maximum atomic E-state index is 9.82. The van der Waals surface area contributed by atoms with Crippen LogP contribution in [0.3, 0.4) is 0 Å². The SMILES string of the molecule is CC(=Nc1ccc(C#N)cc1)c1cc(Br)ccc1O. The van der Waals surface area contributed by atoms with Crippen molar-refractivity contribution in [3.63, 3.8) is 0 Å². The Morgan fingerprint density at radius 3 is 2.53 bits per heavy atom. The molecule has 0 aliphatic carbocycles. The van der Waals surface area contributed by atoms with Gasteiger partial charge in [0, 0.05) is 15.7 Å². The number of aliphatic imine (C=N–C) groups is 1. The molecule has 0 atom stereocenters. The van der Waals surface area contributed by atoms with E-state index in [2.05, 4.69) is 27.0 Å². The van der Waals surface area contributed by atoms with Crippen molar-refractivity contribution in [3.8, 4) is 11.8 Å². The standard InChI is InChI=1S/C15H11BrN2O/c1-10(14-8-12(16)4-7-15(14)19)18-13-5-2-11(9-17)3-6-13/h2-8,19H,1H3. The zero-order chi connectivity index (χ0) is 13.8. The Kier molecular flexibility index (Phi) is 3.98. The molecule has 2 rings (SSSR count). The Morgan fingerprint density at radius 1 is 1.21 bits per heavy atom. The molecule has 2 aromatic rings. The van der Waals surface area contributed by atoms with E-state index in [0.717, 1.165) is 10.2 Å². The maximum absolute atomic E-state index is 9.82. The summed E-state index contributed by atoms with van der Waals surface area (Å²) in [7, 11) is 0. The molecule has 0 heterocycles. The quantitative estimate of drug-likeness (QED) is 0.846. The Labute approximate surface area is 120 Å². The van der Waals surface area contributed by atoms with Gasteiger partial charge in [-0.1, -0.05) is 15.9 Å². The van der Waals surface area contributed by atoms with Crippen LogP contribution in [0, 0.1) is 11.3 Å². The van der Waals surface area contributed by atoms with Crippen LogP contribution in [0.5, 0.6) is 5.75 Å². The van der Waals surface area contributed by atoms with E-state index in [1.54, 1.807) is 36.4 Å². The van der Waals surface area contributed by atoms with Crippen LogP contribution >= 0.6 is 15.9 Å². The molecular formula is C15H11BrN2O. The Hall–Kier alpha value is -2.12. The van der Waals surface area contributed by atoms with E-state index in [4.69, 9.17) is 5.26 Å². The molecule has 0 bridgehead atoms. The van der Waals surface area contributed by atoms with Gasteiger partial charge in [0.15, 0.2) is 0 Å². The highest BCUT2D eigenvalue weighted by Crippen LogP contribution is 2.24. The van der Waals surface area contributed by atoms with Crippen LogP contribution in [-0.2, 0) is 0 Å². The highest BCUT2D eigenvalue weighted by molar-refractivity contribution is 9.10. The Morgan fingerprint density at radius 2 is 1.89 bits per heavy atom. The van der Waals surface area contributed by atoms with E-state index in [0.29, 0.717) is 16.8 Å². The highest BCUT2D eigenvalue weighted by Gasteiger charge is 2.05. The topological polar surface area (TPSA) is 56.4 Å². The van der Waals surface area contributed by atoms with Gasteiger partial charge >= 0.3 is 0 Å². The number of hydrogen-bond donors (Lipinski definition) is 1. The van der Waals surface area contributed by atoms with Crippen LogP contribution in [0.2, 0.25) is 0 Å². The summed E-state index contributed by atoms with van der Waals surface area (Å²) in [6.07, 6.45) is 0. The number of halogens is 1. The van der Waals surface area contributed by atoms with Crippen molar-refractivity contribution in [1.82, 2.24) is 0 Å². The van der Waals surface area contributed by atoms with Crippen LogP contribution < -0.4 is 0 Å². The second kappa shape index (κ2) is 5.68. The first-order valence-electron chi connectivity index (χ1n) is 5.64. The highest BCUT2D eigenvalue weighted by atomic mass is 79.9. The van der Waals surface area contributed by atoms with Crippen molar-refractivity contribution in [2.45, 2.75) is 6.92 Å². The van der Waals surface area contributed by atoms with Crippen LogP contribution in [-0.4, -0.2) is 10.8 Å². The first kappa shape index (κ1) is 13.3. The molecule has 0 aliphatic heterocycles. The van der Waals surface area contributed by atoms with E-state index in [-0.39, 0.29) is 5.75 Å². The summed E-state index contributed by atoms with van der Waals surface area (Å²) in [5.74, 6) is 0.193. The first-order chi connectivity index (χ1) is 9.10. The molecule has 0 saturated heterocycles. The number of aromatic hydroxyl groups is 1. The van der Waals surface area contributed by atoms with Crippen LogP contribution in [0.4, 0.5) is 5.69 Å². The van der Waals surface area contributed by atoms with E-state index >= 15 is 0 Å². The summed E-state index contributed by atoms with van der Waals surface area (Å²) in [4.78, 5) is 4.43. The van der Waals surface area contributed by atoms with E-state index in [1.807, 2.05) is 13.0 Å². The molecule has 0 aliphatic rings. The molecule has 0 amide bonds. The second-order valence-corrected chi connectivity index (χ2v) is 4.93. The molecule has 19 heavy (non-hydrogen) atoms. The summed E-state index contributed by atoms with van der Waals surface area (Å²) in [6, 6.07) is 14.3. The van der Waals surface area contributed by atoms with Crippen LogP contribution in [0.15, 0.2) is 51.9 Å². The predicted molar refractivity (Wildman–Crippen MR) is 78.8 cm³/mol. The maximum Gasteiger partial charge on any atom is 0.124 e. The van der Waals surface area contributed by atoms with Gasteiger partial charge in [0.2, 0.25) is 0 Å². The Bertz CT molecular complexity index is 670. The van der Waals surface area contributed by atoms with Crippen molar-refractivity contribution in [2.24, 2.45) is 4.99 Å². The Balaban J connectivity index is 2.37. The summed E-state index contributed by atoms with van der Waals surface area (Å²) in [6.45, 7) is 1.83. The van der Waals surface area contributed by atoms with Crippen molar-refractivity contribution < 1.29 is 5.11 Å². The van der Waals surface area contributed by atoms with Gasteiger partial charge < -0.3 is 5.11 Å². The molecule has 2 aromatic carbocycles. The first-order valence-corrected chi connectivity index (χ1v) is 6.44. The molecule has 4 heteroatoms. The third kappa shape index (κ3) is 3.21. The van der Waals surface area contributed by atoms with E-state index < -0.39 is 0 Å². The summed E-state index contributed by atoms with van der Waals surface area (Å²) >= 11 is 3.37. The molecule has 3 nitrogen and oxygen atoms in total. The van der Waals surface area contributed by atoms with Crippen molar-refractivity contribution >= 4 is 27.3 Å². The fraction of sp³-hybridized carbons (Fsp3) is 0.0667. The number of hydrogen-bond acceptors (Lipinski definition) is 3. The van der Waals surface area contributed by atoms with E-state index in [1.165, 1.54) is 0 Å². The van der Waals surface area contributed by atoms with Crippen molar-refractivity contribution in [2.75, 3.05) is 0 Å². The van der Waals surface area contributed by atoms with Crippen molar-refractivity contribution in [3.05, 3.63) is 58.1 Å². The summed E-state index contributed by atoms with van der Waals surface area (Å²) < 4.78 is 0.884. The largest absolute Gasteiger partial charge is 0.507 e. The molecule has 0 aromatic heterocycles. The van der Waals surface area contributed by atoms with Gasteiger partial charge in [-0.15, -0.1) is 0 Å². The summed E-state index contributed by atoms with van der Waals surface area (Å²) in [5, 5.41) is 18.6. The normalized spacial score (nSPS) is 11.1. The lowest BCUT2D eigenvalue weighted by Crippen LogP contribution is -1.94. The average Bonchev–Trinajstić information content (AvgIpc) is 2.42. The molecular weight excluding hydrogens is 304 g/mol. The van der Waals surface area contributed by atoms with Gasteiger partial charge in [-0.2, -0.15) is 5.26 Å². The lowest BCUT2D eigenvalue weighted by molar-refractivity contribution is 0.474. The van der Waals surface area contributed by atoms with E-state index in [9.17, 15) is 5.11 Å². The summed E-state index contributed by atoms with van der Waals surface area (Å²) in [5.41, 5.74) is 2.74. The number of phenols is 1. The minimum atomic E-state index is 0.193. The molecule has 0 radical (unpaired) electrons. The minimum absolute atomic E-state index is 0.193. The molecule has 0 fully saturated rings. The number of rotatable bonds is 2. The fourth-order valence-corrected chi connectivity index (χ4v) is 2.02. The van der Waals surface area contributed by atoms with Crippen LogP contribution in [0.1, 0.15) is 18.1 Å². The van der Waals surface area contributed by atoms with Gasteiger partial charge in [0.1, 0.15) is 5.75 Å². The predicted octanol–water partition coefficient (Wildman–Crippen LogP) is 4.17.